The van der Waals surface area contributed by atoms with Crippen LogP contribution in [0.15, 0.2) is 42.5 Å². The first-order chi connectivity index (χ1) is 13.2. The Morgan fingerprint density at radius 3 is 2.43 bits per heavy atom. The van der Waals surface area contributed by atoms with Crippen molar-refractivity contribution < 1.29 is 22.7 Å². The first-order valence-electron chi connectivity index (χ1n) is 8.93. The lowest BCUT2D eigenvalue weighted by Crippen LogP contribution is -2.45. The van der Waals surface area contributed by atoms with Gasteiger partial charge in [-0.1, -0.05) is 18.2 Å². The summed E-state index contributed by atoms with van der Waals surface area (Å²) in [5, 5.41) is 2.73. The zero-order valence-corrected chi connectivity index (χ0v) is 17.0. The number of anilines is 1. The van der Waals surface area contributed by atoms with Crippen LogP contribution in [0.1, 0.15) is 11.1 Å². The van der Waals surface area contributed by atoms with Crippen molar-refractivity contribution >= 4 is 21.6 Å². The van der Waals surface area contributed by atoms with E-state index in [0.717, 1.165) is 21.7 Å². The molecule has 1 aliphatic rings. The van der Waals surface area contributed by atoms with Gasteiger partial charge in [0.2, 0.25) is 15.9 Å². The highest BCUT2D eigenvalue weighted by molar-refractivity contribution is 7.92. The molecule has 0 radical (unpaired) electrons. The number of hydrogen-bond acceptors (Lipinski definition) is 5. The van der Waals surface area contributed by atoms with Crippen molar-refractivity contribution in [1.82, 2.24) is 5.32 Å². The zero-order valence-electron chi connectivity index (χ0n) is 16.1. The molecule has 1 atom stereocenters. The second-order valence-corrected chi connectivity index (χ2v) is 8.82. The van der Waals surface area contributed by atoms with Crippen molar-refractivity contribution in [1.29, 1.82) is 0 Å². The highest BCUT2D eigenvalue weighted by Crippen LogP contribution is 2.30. The van der Waals surface area contributed by atoms with E-state index in [1.807, 2.05) is 38.1 Å². The molecule has 2 aromatic rings. The zero-order chi connectivity index (χ0) is 20.3. The maximum atomic E-state index is 12.4. The molecule has 150 valence electrons. The third-order valence-electron chi connectivity index (χ3n) is 4.28. The standard InChI is InChI=1S/C20H24N2O5S/c1-14-8-15(2)10-16(9-14)22(28(3,24)25)12-20(23)21-11-17-13-26-18-6-4-5-7-19(18)27-17/h4-10,17H,11-13H2,1-3H3,(H,21,23). The molecule has 0 bridgehead atoms. The second kappa shape index (κ2) is 8.10. The number of hydrogen-bond donors (Lipinski definition) is 1. The number of nitrogens with one attached hydrogen (secondary N) is 1. The minimum Gasteiger partial charge on any atom is -0.486 e. The number of amides is 1. The second-order valence-electron chi connectivity index (χ2n) is 6.92. The number of nitrogens with zero attached hydrogens (tertiary/aromatic N) is 1. The maximum absolute atomic E-state index is 12.4. The summed E-state index contributed by atoms with van der Waals surface area (Å²) in [7, 11) is -3.61. The van der Waals surface area contributed by atoms with E-state index in [-0.39, 0.29) is 19.2 Å². The van der Waals surface area contributed by atoms with Crippen molar-refractivity contribution in [2.24, 2.45) is 0 Å². The molecule has 0 aliphatic carbocycles. The summed E-state index contributed by atoms with van der Waals surface area (Å²) in [6.07, 6.45) is 0.749. The van der Waals surface area contributed by atoms with Crippen LogP contribution in [0.5, 0.6) is 11.5 Å². The fraction of sp³-hybridized carbons (Fsp3) is 0.350. The Labute approximate surface area is 165 Å². The van der Waals surface area contributed by atoms with Gasteiger partial charge in [-0.15, -0.1) is 0 Å². The molecular formula is C20H24N2O5S. The predicted molar refractivity (Wildman–Crippen MR) is 107 cm³/mol. The smallest absolute Gasteiger partial charge is 0.240 e. The van der Waals surface area contributed by atoms with Gasteiger partial charge in [0.25, 0.3) is 0 Å². The molecule has 28 heavy (non-hydrogen) atoms. The van der Waals surface area contributed by atoms with E-state index in [2.05, 4.69) is 5.32 Å². The van der Waals surface area contributed by atoms with E-state index in [9.17, 15) is 13.2 Å². The van der Waals surface area contributed by atoms with Crippen molar-refractivity contribution in [3.8, 4) is 11.5 Å². The van der Waals surface area contributed by atoms with E-state index in [1.165, 1.54) is 0 Å². The summed E-state index contributed by atoms with van der Waals surface area (Å²) >= 11 is 0. The monoisotopic (exact) mass is 404 g/mol. The molecule has 0 aromatic heterocycles. The Balaban J connectivity index is 1.63. The van der Waals surface area contributed by atoms with Crippen LogP contribution in [0, 0.1) is 13.8 Å². The van der Waals surface area contributed by atoms with Gasteiger partial charge in [-0.25, -0.2) is 8.42 Å². The predicted octanol–water partition coefficient (Wildman–Crippen LogP) is 2.03. The van der Waals surface area contributed by atoms with Crippen LogP contribution in [0.3, 0.4) is 0 Å². The first-order valence-corrected chi connectivity index (χ1v) is 10.8. The van der Waals surface area contributed by atoms with Crippen LogP contribution in [0.2, 0.25) is 0 Å². The number of sulfonamides is 1. The molecule has 7 nitrogen and oxygen atoms in total. The minimum absolute atomic E-state index is 0.220. The average molecular weight is 404 g/mol. The summed E-state index contributed by atoms with van der Waals surface area (Å²) in [5.41, 5.74) is 2.33. The van der Waals surface area contributed by atoms with Crippen LogP contribution in [0.4, 0.5) is 5.69 Å². The molecular weight excluding hydrogens is 380 g/mol. The molecule has 1 aliphatic heterocycles. The normalized spacial score (nSPS) is 15.8. The molecule has 8 heteroatoms. The third-order valence-corrected chi connectivity index (χ3v) is 5.42. The van der Waals surface area contributed by atoms with E-state index < -0.39 is 15.9 Å². The Morgan fingerprint density at radius 1 is 1.14 bits per heavy atom. The third kappa shape index (κ3) is 4.95. The highest BCUT2D eigenvalue weighted by atomic mass is 32.2. The molecule has 1 N–H and O–H groups in total. The summed E-state index contributed by atoms with van der Waals surface area (Å²) in [6, 6.07) is 12.8. The molecule has 1 amide bonds. The van der Waals surface area contributed by atoms with Crippen molar-refractivity contribution in [3.05, 3.63) is 53.6 Å². The molecule has 0 fully saturated rings. The highest BCUT2D eigenvalue weighted by Gasteiger charge is 2.24. The number of carbonyl (C=O) groups excluding carboxylic acids is 1. The quantitative estimate of drug-likeness (QED) is 0.796. The minimum atomic E-state index is -3.61. The molecule has 0 saturated heterocycles. The van der Waals surface area contributed by atoms with Crippen LogP contribution >= 0.6 is 0 Å². The Bertz CT molecular complexity index is 954. The number of carbonyl (C=O) groups is 1. The number of fused-ring (bicyclic) bond motifs is 1. The van der Waals surface area contributed by atoms with Crippen molar-refractivity contribution in [2.45, 2.75) is 20.0 Å². The average Bonchev–Trinajstić information content (AvgIpc) is 2.62. The van der Waals surface area contributed by atoms with E-state index in [0.29, 0.717) is 23.8 Å². The molecule has 0 spiro atoms. The Hall–Kier alpha value is -2.74. The van der Waals surface area contributed by atoms with E-state index in [1.54, 1.807) is 18.2 Å². The lowest BCUT2D eigenvalue weighted by Gasteiger charge is -2.27. The van der Waals surface area contributed by atoms with Gasteiger partial charge < -0.3 is 14.8 Å². The molecule has 0 saturated carbocycles. The van der Waals surface area contributed by atoms with Gasteiger partial charge in [0.15, 0.2) is 11.5 Å². The summed E-state index contributed by atoms with van der Waals surface area (Å²) in [4.78, 5) is 12.4. The van der Waals surface area contributed by atoms with Gasteiger partial charge >= 0.3 is 0 Å². The van der Waals surface area contributed by atoms with Gasteiger partial charge in [0.1, 0.15) is 19.3 Å². The largest absolute Gasteiger partial charge is 0.486 e. The molecule has 1 unspecified atom stereocenters. The lowest BCUT2D eigenvalue weighted by atomic mass is 10.1. The van der Waals surface area contributed by atoms with Crippen LogP contribution in [0.25, 0.3) is 0 Å². The topological polar surface area (TPSA) is 84.9 Å². The SMILES string of the molecule is Cc1cc(C)cc(N(CC(=O)NCC2COc3ccccc3O2)S(C)(=O)=O)c1. The summed E-state index contributed by atoms with van der Waals surface area (Å²) in [6.45, 7) is 4.00. The van der Waals surface area contributed by atoms with Gasteiger partial charge in [0, 0.05) is 0 Å². The number of para-hydroxylation sites is 2. The molecule has 2 aromatic carbocycles. The fourth-order valence-electron chi connectivity index (χ4n) is 3.07. The maximum Gasteiger partial charge on any atom is 0.240 e. The van der Waals surface area contributed by atoms with Gasteiger partial charge in [0.05, 0.1) is 18.5 Å². The fourth-order valence-corrected chi connectivity index (χ4v) is 3.91. The number of benzene rings is 2. The Morgan fingerprint density at radius 2 is 1.79 bits per heavy atom. The number of rotatable bonds is 6. The summed E-state index contributed by atoms with van der Waals surface area (Å²) < 4.78 is 37.0. The molecule has 3 rings (SSSR count). The van der Waals surface area contributed by atoms with E-state index in [4.69, 9.17) is 9.47 Å². The number of ether oxygens (including phenoxy) is 2. The van der Waals surface area contributed by atoms with E-state index >= 15 is 0 Å². The van der Waals surface area contributed by atoms with Crippen LogP contribution in [-0.4, -0.2) is 46.4 Å². The van der Waals surface area contributed by atoms with Crippen LogP contribution in [-0.2, 0) is 14.8 Å². The van der Waals surface area contributed by atoms with Crippen LogP contribution < -0.4 is 19.1 Å². The molecule has 1 heterocycles. The number of aryl methyl sites for hydroxylation is 2. The summed E-state index contributed by atoms with van der Waals surface area (Å²) in [5.74, 6) is 0.885. The Kier molecular flexibility index (Phi) is 5.79. The van der Waals surface area contributed by atoms with Gasteiger partial charge in [-0.05, 0) is 49.2 Å². The van der Waals surface area contributed by atoms with Gasteiger partial charge in [-0.2, -0.15) is 0 Å². The van der Waals surface area contributed by atoms with Crippen molar-refractivity contribution in [3.63, 3.8) is 0 Å². The lowest BCUT2D eigenvalue weighted by molar-refractivity contribution is -0.120. The first kappa shape index (κ1) is 20.0. The van der Waals surface area contributed by atoms with Gasteiger partial charge in [-0.3, -0.25) is 9.10 Å². The van der Waals surface area contributed by atoms with Crippen molar-refractivity contribution in [2.75, 3.05) is 30.3 Å².